The number of carbonyl (C=O) groups excluding carboxylic acids is 1. The van der Waals surface area contributed by atoms with Gasteiger partial charge in [-0.1, -0.05) is 12.8 Å². The number of hydrogen-bond donors (Lipinski definition) is 1. The molecule has 0 aromatic carbocycles. The Morgan fingerprint density at radius 1 is 1.05 bits per heavy atom. The van der Waals surface area contributed by atoms with E-state index in [1.54, 1.807) is 0 Å². The molecule has 2 atom stereocenters. The molecule has 2 fully saturated rings. The van der Waals surface area contributed by atoms with Gasteiger partial charge in [-0.25, -0.2) is 0 Å². The van der Waals surface area contributed by atoms with Crippen molar-refractivity contribution in [1.82, 2.24) is 9.80 Å². The van der Waals surface area contributed by atoms with Crippen molar-refractivity contribution in [3.63, 3.8) is 0 Å². The Bertz CT molecular complexity index is 316. The quantitative estimate of drug-likeness (QED) is 0.782. The molecule has 0 spiro atoms. The highest BCUT2D eigenvalue weighted by atomic mass is 16.2. The Labute approximate surface area is 117 Å². The highest BCUT2D eigenvalue weighted by molar-refractivity contribution is 5.79. The standard InChI is InChI=1S/C15H29N3O/c1-15(2,3)18-10-8-17(9-11-18)14(19)12-6-4-5-7-13(12)16/h12-13H,4-11,16H2,1-3H3. The van der Waals surface area contributed by atoms with Gasteiger partial charge in [0.1, 0.15) is 0 Å². The summed E-state index contributed by atoms with van der Waals surface area (Å²) in [7, 11) is 0. The average molecular weight is 267 g/mol. The third-order valence-electron chi connectivity index (χ3n) is 4.68. The van der Waals surface area contributed by atoms with Gasteiger partial charge in [0.2, 0.25) is 5.91 Å². The number of carbonyl (C=O) groups is 1. The van der Waals surface area contributed by atoms with E-state index >= 15 is 0 Å². The molecule has 1 amide bonds. The second-order valence-corrected chi connectivity index (χ2v) is 7.04. The molecule has 0 bridgehead atoms. The van der Waals surface area contributed by atoms with E-state index in [1.165, 1.54) is 6.42 Å². The predicted molar refractivity (Wildman–Crippen MR) is 77.8 cm³/mol. The predicted octanol–water partition coefficient (Wildman–Crippen LogP) is 1.45. The lowest BCUT2D eigenvalue weighted by atomic mass is 9.84. The molecule has 2 rings (SSSR count). The molecule has 1 aliphatic heterocycles. The van der Waals surface area contributed by atoms with Gasteiger partial charge in [-0.05, 0) is 33.6 Å². The largest absolute Gasteiger partial charge is 0.340 e. The normalized spacial score (nSPS) is 30.4. The minimum absolute atomic E-state index is 0.0786. The van der Waals surface area contributed by atoms with E-state index in [0.29, 0.717) is 5.91 Å². The molecule has 1 aliphatic carbocycles. The van der Waals surface area contributed by atoms with Crippen LogP contribution in [0.25, 0.3) is 0 Å². The van der Waals surface area contributed by atoms with Crippen molar-refractivity contribution < 1.29 is 4.79 Å². The summed E-state index contributed by atoms with van der Waals surface area (Å²) in [5, 5.41) is 0. The monoisotopic (exact) mass is 267 g/mol. The molecule has 1 saturated heterocycles. The summed E-state index contributed by atoms with van der Waals surface area (Å²) >= 11 is 0. The summed E-state index contributed by atoms with van der Waals surface area (Å²) in [5.41, 5.74) is 6.33. The Hall–Kier alpha value is -0.610. The molecule has 4 nitrogen and oxygen atoms in total. The van der Waals surface area contributed by atoms with Crippen molar-refractivity contribution >= 4 is 5.91 Å². The van der Waals surface area contributed by atoms with Crippen LogP contribution >= 0.6 is 0 Å². The highest BCUT2D eigenvalue weighted by Gasteiger charge is 2.34. The van der Waals surface area contributed by atoms with E-state index in [4.69, 9.17) is 5.73 Å². The maximum absolute atomic E-state index is 12.5. The highest BCUT2D eigenvalue weighted by Crippen LogP contribution is 2.26. The third kappa shape index (κ3) is 3.48. The van der Waals surface area contributed by atoms with Crippen molar-refractivity contribution in [2.75, 3.05) is 26.2 Å². The van der Waals surface area contributed by atoms with Crippen LogP contribution in [0.4, 0.5) is 0 Å². The zero-order chi connectivity index (χ0) is 14.0. The number of hydrogen-bond acceptors (Lipinski definition) is 3. The zero-order valence-corrected chi connectivity index (χ0v) is 12.7. The van der Waals surface area contributed by atoms with Crippen molar-refractivity contribution in [1.29, 1.82) is 0 Å². The number of rotatable bonds is 1. The molecule has 0 aromatic heterocycles. The zero-order valence-electron chi connectivity index (χ0n) is 12.7. The van der Waals surface area contributed by atoms with Crippen LogP contribution in [-0.4, -0.2) is 53.5 Å². The summed E-state index contributed by atoms with van der Waals surface area (Å²) in [6, 6.07) is 0.0851. The molecule has 1 heterocycles. The molecule has 1 saturated carbocycles. The molecule has 2 unspecified atom stereocenters. The summed E-state index contributed by atoms with van der Waals surface area (Å²) in [5.74, 6) is 0.385. The van der Waals surface area contributed by atoms with Gasteiger partial charge in [0.25, 0.3) is 0 Å². The van der Waals surface area contributed by atoms with Crippen LogP contribution in [0, 0.1) is 5.92 Å². The fraction of sp³-hybridized carbons (Fsp3) is 0.933. The van der Waals surface area contributed by atoms with Gasteiger partial charge < -0.3 is 10.6 Å². The number of nitrogens with zero attached hydrogens (tertiary/aromatic N) is 2. The van der Waals surface area contributed by atoms with E-state index in [-0.39, 0.29) is 17.5 Å². The fourth-order valence-corrected chi connectivity index (χ4v) is 3.30. The van der Waals surface area contributed by atoms with Crippen LogP contribution in [-0.2, 0) is 4.79 Å². The molecule has 0 radical (unpaired) electrons. The van der Waals surface area contributed by atoms with Crippen LogP contribution < -0.4 is 5.73 Å². The van der Waals surface area contributed by atoms with Crippen LogP contribution in [0.5, 0.6) is 0 Å². The van der Waals surface area contributed by atoms with E-state index in [1.807, 2.05) is 4.90 Å². The Morgan fingerprint density at radius 2 is 1.63 bits per heavy atom. The van der Waals surface area contributed by atoms with Crippen molar-refractivity contribution in [2.45, 2.75) is 58.0 Å². The van der Waals surface area contributed by atoms with Crippen molar-refractivity contribution in [3.8, 4) is 0 Å². The number of nitrogens with two attached hydrogens (primary N) is 1. The second-order valence-electron chi connectivity index (χ2n) is 7.04. The van der Waals surface area contributed by atoms with Gasteiger partial charge in [0.15, 0.2) is 0 Å². The molecule has 110 valence electrons. The minimum Gasteiger partial charge on any atom is -0.340 e. The first-order chi connectivity index (χ1) is 8.89. The van der Waals surface area contributed by atoms with E-state index < -0.39 is 0 Å². The Kier molecular flexibility index (Phi) is 4.51. The lowest BCUT2D eigenvalue weighted by Gasteiger charge is -2.43. The summed E-state index contributed by atoms with van der Waals surface area (Å²) in [6.07, 6.45) is 4.34. The fourth-order valence-electron chi connectivity index (χ4n) is 3.30. The van der Waals surface area contributed by atoms with Crippen molar-refractivity contribution in [3.05, 3.63) is 0 Å². The van der Waals surface area contributed by atoms with Crippen LogP contribution in [0.3, 0.4) is 0 Å². The van der Waals surface area contributed by atoms with E-state index in [0.717, 1.165) is 45.4 Å². The van der Waals surface area contributed by atoms with Gasteiger partial charge >= 0.3 is 0 Å². The Balaban J connectivity index is 1.88. The summed E-state index contributed by atoms with van der Waals surface area (Å²) < 4.78 is 0. The second kappa shape index (κ2) is 5.80. The van der Waals surface area contributed by atoms with Crippen molar-refractivity contribution in [2.24, 2.45) is 11.7 Å². The van der Waals surface area contributed by atoms with Crippen LogP contribution in [0.15, 0.2) is 0 Å². The lowest BCUT2D eigenvalue weighted by molar-refractivity contribution is -0.139. The van der Waals surface area contributed by atoms with Crippen LogP contribution in [0.1, 0.15) is 46.5 Å². The molecular formula is C15H29N3O. The molecule has 2 N–H and O–H groups in total. The van der Waals surface area contributed by atoms with Crippen LogP contribution in [0.2, 0.25) is 0 Å². The van der Waals surface area contributed by atoms with Gasteiger partial charge in [-0.15, -0.1) is 0 Å². The third-order valence-corrected chi connectivity index (χ3v) is 4.68. The molecule has 19 heavy (non-hydrogen) atoms. The number of amides is 1. The van der Waals surface area contributed by atoms with Gasteiger partial charge in [0.05, 0.1) is 5.92 Å². The van der Waals surface area contributed by atoms with E-state index in [9.17, 15) is 4.79 Å². The summed E-state index contributed by atoms with van der Waals surface area (Å²) in [6.45, 7) is 10.4. The molecular weight excluding hydrogens is 238 g/mol. The maximum Gasteiger partial charge on any atom is 0.227 e. The first-order valence-electron chi connectivity index (χ1n) is 7.69. The summed E-state index contributed by atoms with van der Waals surface area (Å²) in [4.78, 5) is 17.0. The maximum atomic E-state index is 12.5. The minimum atomic E-state index is 0.0786. The topological polar surface area (TPSA) is 49.6 Å². The first-order valence-corrected chi connectivity index (χ1v) is 7.69. The smallest absolute Gasteiger partial charge is 0.227 e. The molecule has 0 aromatic rings. The molecule has 2 aliphatic rings. The number of piperazine rings is 1. The van der Waals surface area contributed by atoms with Gasteiger partial charge in [-0.3, -0.25) is 9.69 Å². The lowest BCUT2D eigenvalue weighted by Crippen LogP contribution is -2.57. The Morgan fingerprint density at radius 3 is 2.16 bits per heavy atom. The SMILES string of the molecule is CC(C)(C)N1CCN(C(=O)C2CCCCC2N)CC1. The molecule has 4 heteroatoms. The van der Waals surface area contributed by atoms with Gasteiger partial charge in [0, 0.05) is 37.8 Å². The average Bonchev–Trinajstić information content (AvgIpc) is 2.38. The first kappa shape index (κ1) is 14.8. The van der Waals surface area contributed by atoms with E-state index in [2.05, 4.69) is 25.7 Å². The van der Waals surface area contributed by atoms with Gasteiger partial charge in [-0.2, -0.15) is 0 Å².